The normalized spacial score (nSPS) is 11.3. The van der Waals surface area contributed by atoms with Crippen molar-refractivity contribution in [2.75, 3.05) is 23.7 Å². The van der Waals surface area contributed by atoms with Crippen LogP contribution in [0.5, 0.6) is 0 Å². The summed E-state index contributed by atoms with van der Waals surface area (Å²) >= 11 is 1.77. The number of aromatic nitrogens is 2. The lowest BCUT2D eigenvalue weighted by atomic mass is 10.1. The molecule has 0 saturated carbocycles. The first-order valence-corrected chi connectivity index (χ1v) is 8.73. The van der Waals surface area contributed by atoms with Gasteiger partial charge in [-0.25, -0.2) is 4.98 Å². The lowest BCUT2D eigenvalue weighted by molar-refractivity contribution is 0.607. The zero-order valence-electron chi connectivity index (χ0n) is 13.5. The van der Waals surface area contributed by atoms with E-state index < -0.39 is 0 Å². The van der Waals surface area contributed by atoms with E-state index in [1.54, 1.807) is 11.3 Å². The summed E-state index contributed by atoms with van der Waals surface area (Å²) in [4.78, 5) is 11.7. The Bertz CT molecular complexity index is 577. The van der Waals surface area contributed by atoms with Crippen LogP contribution in [0.2, 0.25) is 0 Å². The Hall–Kier alpha value is -1.36. The summed E-state index contributed by atoms with van der Waals surface area (Å²) in [5, 5.41) is 7.94. The van der Waals surface area contributed by atoms with Crippen molar-refractivity contribution in [1.82, 2.24) is 9.97 Å². The molecule has 0 aliphatic carbocycles. The smallest absolute Gasteiger partial charge is 0.226 e. The molecule has 0 aromatic carbocycles. The summed E-state index contributed by atoms with van der Waals surface area (Å²) in [7, 11) is 0. The highest BCUT2D eigenvalue weighted by molar-refractivity contribution is 7.18. The Balaban J connectivity index is 2.27. The molecule has 21 heavy (non-hydrogen) atoms. The number of hydrogen-bond donors (Lipinski definition) is 2. The van der Waals surface area contributed by atoms with Gasteiger partial charge in [-0.05, 0) is 31.2 Å². The minimum absolute atomic E-state index is 0.696. The van der Waals surface area contributed by atoms with Gasteiger partial charge in [0.15, 0.2) is 0 Å². The van der Waals surface area contributed by atoms with Crippen LogP contribution in [0.1, 0.15) is 45.4 Å². The van der Waals surface area contributed by atoms with Gasteiger partial charge in [-0.3, -0.25) is 0 Å². The Labute approximate surface area is 131 Å². The molecule has 2 aromatic rings. The molecule has 0 aliphatic heterocycles. The average molecular weight is 306 g/mol. The molecule has 0 spiro atoms. The SMILES string of the molecule is CCCNc1nc(NCCC(C)C)c2cc(CC)sc2n1. The van der Waals surface area contributed by atoms with E-state index in [4.69, 9.17) is 0 Å². The van der Waals surface area contributed by atoms with Gasteiger partial charge in [0.05, 0.1) is 5.39 Å². The van der Waals surface area contributed by atoms with E-state index in [1.165, 1.54) is 4.88 Å². The van der Waals surface area contributed by atoms with Gasteiger partial charge in [-0.15, -0.1) is 11.3 Å². The molecule has 2 aromatic heterocycles. The topological polar surface area (TPSA) is 49.8 Å². The van der Waals surface area contributed by atoms with Gasteiger partial charge in [0.2, 0.25) is 5.95 Å². The van der Waals surface area contributed by atoms with Crippen LogP contribution in [-0.2, 0) is 6.42 Å². The van der Waals surface area contributed by atoms with E-state index >= 15 is 0 Å². The maximum Gasteiger partial charge on any atom is 0.226 e. The minimum Gasteiger partial charge on any atom is -0.369 e. The number of anilines is 2. The molecule has 0 atom stereocenters. The number of thiophene rings is 1. The molecule has 116 valence electrons. The Morgan fingerprint density at radius 2 is 1.95 bits per heavy atom. The average Bonchev–Trinajstić information content (AvgIpc) is 2.88. The fraction of sp³-hybridized carbons (Fsp3) is 0.625. The predicted molar refractivity (Wildman–Crippen MR) is 93.5 cm³/mol. The molecule has 0 amide bonds. The van der Waals surface area contributed by atoms with E-state index in [-0.39, 0.29) is 0 Å². The van der Waals surface area contributed by atoms with Crippen LogP contribution < -0.4 is 10.6 Å². The molecule has 2 N–H and O–H groups in total. The summed E-state index contributed by atoms with van der Waals surface area (Å²) in [6.45, 7) is 10.7. The van der Waals surface area contributed by atoms with E-state index in [1.807, 2.05) is 0 Å². The fourth-order valence-corrected chi connectivity index (χ4v) is 3.04. The summed E-state index contributed by atoms with van der Waals surface area (Å²) in [6, 6.07) is 2.22. The second-order valence-corrected chi connectivity index (χ2v) is 6.83. The second kappa shape index (κ2) is 7.59. The van der Waals surface area contributed by atoms with Gasteiger partial charge in [0.1, 0.15) is 10.6 Å². The van der Waals surface area contributed by atoms with Crippen molar-refractivity contribution in [2.45, 2.75) is 47.0 Å². The Kier molecular flexibility index (Phi) is 5.79. The minimum atomic E-state index is 0.696. The highest BCUT2D eigenvalue weighted by atomic mass is 32.1. The number of nitrogens with one attached hydrogen (secondary N) is 2. The predicted octanol–water partition coefficient (Wildman–Crippen LogP) is 4.53. The third kappa shape index (κ3) is 4.30. The third-order valence-electron chi connectivity index (χ3n) is 3.34. The molecule has 0 radical (unpaired) electrons. The molecular formula is C16H26N4S. The van der Waals surface area contributed by atoms with Crippen molar-refractivity contribution in [3.8, 4) is 0 Å². The number of nitrogens with zero attached hydrogens (tertiary/aromatic N) is 2. The zero-order valence-corrected chi connectivity index (χ0v) is 14.3. The van der Waals surface area contributed by atoms with E-state index in [0.29, 0.717) is 5.92 Å². The standard InChI is InChI=1S/C16H26N4S/c1-5-8-18-16-19-14(17-9-7-11(3)4)13-10-12(6-2)21-15(13)20-16/h10-11H,5-9H2,1-4H3,(H2,17,18,19,20). The Morgan fingerprint density at radius 1 is 1.14 bits per heavy atom. The maximum atomic E-state index is 4.66. The first kappa shape index (κ1) is 16.0. The third-order valence-corrected chi connectivity index (χ3v) is 4.51. The van der Waals surface area contributed by atoms with Gasteiger partial charge in [0.25, 0.3) is 0 Å². The summed E-state index contributed by atoms with van der Waals surface area (Å²) in [6.07, 6.45) is 3.26. The van der Waals surface area contributed by atoms with Crippen molar-refractivity contribution < 1.29 is 0 Å². The first-order chi connectivity index (χ1) is 10.1. The van der Waals surface area contributed by atoms with Gasteiger partial charge in [-0.2, -0.15) is 4.98 Å². The van der Waals surface area contributed by atoms with Gasteiger partial charge < -0.3 is 10.6 Å². The van der Waals surface area contributed by atoms with E-state index in [0.717, 1.165) is 54.3 Å². The molecule has 2 heterocycles. The van der Waals surface area contributed by atoms with Gasteiger partial charge in [-0.1, -0.05) is 27.7 Å². The zero-order chi connectivity index (χ0) is 15.2. The highest BCUT2D eigenvalue weighted by Gasteiger charge is 2.11. The van der Waals surface area contributed by atoms with Gasteiger partial charge >= 0.3 is 0 Å². The van der Waals surface area contributed by atoms with Crippen molar-refractivity contribution in [3.05, 3.63) is 10.9 Å². The quantitative estimate of drug-likeness (QED) is 0.752. The summed E-state index contributed by atoms with van der Waals surface area (Å²) in [5.74, 6) is 2.40. The summed E-state index contributed by atoms with van der Waals surface area (Å²) < 4.78 is 0. The summed E-state index contributed by atoms with van der Waals surface area (Å²) in [5.41, 5.74) is 0. The van der Waals surface area contributed by atoms with Gasteiger partial charge in [0, 0.05) is 18.0 Å². The van der Waals surface area contributed by atoms with Crippen LogP contribution in [0.25, 0.3) is 10.2 Å². The molecule has 0 fully saturated rings. The van der Waals surface area contributed by atoms with Crippen LogP contribution in [0.15, 0.2) is 6.07 Å². The number of aryl methyl sites for hydroxylation is 1. The first-order valence-electron chi connectivity index (χ1n) is 7.92. The monoisotopic (exact) mass is 306 g/mol. The maximum absolute atomic E-state index is 4.66. The van der Waals surface area contributed by atoms with Crippen LogP contribution in [0.3, 0.4) is 0 Å². The van der Waals surface area contributed by atoms with Crippen LogP contribution in [0.4, 0.5) is 11.8 Å². The van der Waals surface area contributed by atoms with E-state index in [2.05, 4.69) is 54.4 Å². The fourth-order valence-electron chi connectivity index (χ4n) is 2.08. The molecule has 0 bridgehead atoms. The molecule has 5 heteroatoms. The molecule has 0 unspecified atom stereocenters. The van der Waals surface area contributed by atoms with Crippen molar-refractivity contribution in [3.63, 3.8) is 0 Å². The number of hydrogen-bond acceptors (Lipinski definition) is 5. The molecule has 4 nitrogen and oxygen atoms in total. The van der Waals surface area contributed by atoms with Crippen LogP contribution >= 0.6 is 11.3 Å². The van der Waals surface area contributed by atoms with Crippen molar-refractivity contribution in [2.24, 2.45) is 5.92 Å². The number of fused-ring (bicyclic) bond motifs is 1. The molecule has 0 saturated heterocycles. The highest BCUT2D eigenvalue weighted by Crippen LogP contribution is 2.30. The second-order valence-electron chi connectivity index (χ2n) is 5.72. The molecule has 2 rings (SSSR count). The van der Waals surface area contributed by atoms with Crippen molar-refractivity contribution in [1.29, 1.82) is 0 Å². The number of rotatable bonds is 8. The molecule has 0 aliphatic rings. The Morgan fingerprint density at radius 3 is 2.62 bits per heavy atom. The van der Waals surface area contributed by atoms with E-state index in [9.17, 15) is 0 Å². The lowest BCUT2D eigenvalue weighted by Gasteiger charge is -2.10. The van der Waals surface area contributed by atoms with Crippen LogP contribution in [-0.4, -0.2) is 23.1 Å². The lowest BCUT2D eigenvalue weighted by Crippen LogP contribution is -2.09. The van der Waals surface area contributed by atoms with Crippen molar-refractivity contribution >= 4 is 33.3 Å². The largest absolute Gasteiger partial charge is 0.369 e. The molecular weight excluding hydrogens is 280 g/mol. The van der Waals surface area contributed by atoms with Crippen LogP contribution in [0, 0.1) is 5.92 Å².